The van der Waals surface area contributed by atoms with E-state index in [1.807, 2.05) is 13.8 Å². The predicted octanol–water partition coefficient (Wildman–Crippen LogP) is 1.89. The van der Waals surface area contributed by atoms with Gasteiger partial charge in [-0.15, -0.1) is 0 Å². The first-order valence-electron chi connectivity index (χ1n) is 6.70. The molecule has 0 unspecified atom stereocenters. The van der Waals surface area contributed by atoms with E-state index in [1.54, 1.807) is 0 Å². The van der Waals surface area contributed by atoms with Gasteiger partial charge in [0.05, 0.1) is 22.1 Å². The second-order valence-electron chi connectivity index (χ2n) is 5.76. The summed E-state index contributed by atoms with van der Waals surface area (Å²) in [6.45, 7) is 4.68. The molecule has 0 radical (unpaired) electrons. The molecule has 1 fully saturated rings. The fraction of sp³-hybridized carbons (Fsp3) is 0.500. The van der Waals surface area contributed by atoms with E-state index >= 15 is 0 Å². The number of hydrogen-bond acceptors (Lipinski definition) is 4. The van der Waals surface area contributed by atoms with Gasteiger partial charge in [0.15, 0.2) is 9.84 Å². The Labute approximate surface area is 133 Å². The van der Waals surface area contributed by atoms with Gasteiger partial charge in [0, 0.05) is 13.1 Å². The van der Waals surface area contributed by atoms with Crippen molar-refractivity contribution in [3.05, 3.63) is 29.0 Å². The second-order valence-corrected chi connectivity index (χ2v) is 8.12. The van der Waals surface area contributed by atoms with Crippen LogP contribution in [0.5, 0.6) is 0 Å². The third-order valence-corrected chi connectivity index (χ3v) is 5.40. The van der Waals surface area contributed by atoms with Crippen molar-refractivity contribution in [2.45, 2.75) is 24.3 Å². The SMILES string of the molecule is CC1(C)CN(C(=O)CS(=O)(=O)c2ccc(F)cc2Cl)CCO1. The molecule has 1 saturated heterocycles. The molecule has 0 aliphatic carbocycles. The van der Waals surface area contributed by atoms with Crippen molar-refractivity contribution in [3.63, 3.8) is 0 Å². The summed E-state index contributed by atoms with van der Waals surface area (Å²) >= 11 is 5.76. The first-order chi connectivity index (χ1) is 10.1. The van der Waals surface area contributed by atoms with Crippen LogP contribution in [0.25, 0.3) is 0 Å². The largest absolute Gasteiger partial charge is 0.372 e. The molecule has 1 aliphatic heterocycles. The molecule has 22 heavy (non-hydrogen) atoms. The van der Waals surface area contributed by atoms with Crippen molar-refractivity contribution in [1.82, 2.24) is 4.90 Å². The van der Waals surface area contributed by atoms with Crippen molar-refractivity contribution in [2.75, 3.05) is 25.4 Å². The van der Waals surface area contributed by atoms with Gasteiger partial charge < -0.3 is 9.64 Å². The number of halogens is 2. The fourth-order valence-corrected chi connectivity index (χ4v) is 4.10. The van der Waals surface area contributed by atoms with Gasteiger partial charge in [-0.3, -0.25) is 4.79 Å². The maximum Gasteiger partial charge on any atom is 0.238 e. The van der Waals surface area contributed by atoms with E-state index in [-0.39, 0.29) is 9.92 Å². The number of nitrogens with zero attached hydrogens (tertiary/aromatic N) is 1. The summed E-state index contributed by atoms with van der Waals surface area (Å²) in [5, 5.41) is -0.227. The molecular weight excluding hydrogens is 333 g/mol. The minimum absolute atomic E-state index is 0.227. The molecule has 2 rings (SSSR count). The van der Waals surface area contributed by atoms with Crippen LogP contribution in [0.4, 0.5) is 4.39 Å². The summed E-state index contributed by atoms with van der Waals surface area (Å²) in [4.78, 5) is 13.4. The molecule has 0 N–H and O–H groups in total. The van der Waals surface area contributed by atoms with E-state index in [4.69, 9.17) is 16.3 Å². The number of amides is 1. The maximum absolute atomic E-state index is 13.0. The van der Waals surface area contributed by atoms with Gasteiger partial charge in [-0.25, -0.2) is 12.8 Å². The molecule has 1 amide bonds. The van der Waals surface area contributed by atoms with Gasteiger partial charge in [0.1, 0.15) is 11.6 Å². The lowest BCUT2D eigenvalue weighted by Crippen LogP contribution is -2.51. The third kappa shape index (κ3) is 3.97. The minimum atomic E-state index is -3.92. The molecular formula is C14H17ClFNO4S. The Bertz CT molecular complexity index is 690. The number of sulfone groups is 1. The summed E-state index contributed by atoms with van der Waals surface area (Å²) in [6, 6.07) is 2.99. The normalized spacial score (nSPS) is 18.3. The average Bonchev–Trinajstić information content (AvgIpc) is 2.36. The number of ether oxygens (including phenoxy) is 1. The van der Waals surface area contributed by atoms with Crippen molar-refractivity contribution in [2.24, 2.45) is 0 Å². The first-order valence-corrected chi connectivity index (χ1v) is 8.73. The molecule has 0 spiro atoms. The van der Waals surface area contributed by atoms with Crippen molar-refractivity contribution < 1.29 is 22.3 Å². The van der Waals surface area contributed by atoms with Crippen LogP contribution in [0.2, 0.25) is 5.02 Å². The van der Waals surface area contributed by atoms with Crippen LogP contribution in [0, 0.1) is 5.82 Å². The van der Waals surface area contributed by atoms with E-state index in [1.165, 1.54) is 4.90 Å². The lowest BCUT2D eigenvalue weighted by molar-refractivity contribution is -0.143. The fourth-order valence-electron chi connectivity index (χ4n) is 2.29. The predicted molar refractivity (Wildman–Crippen MR) is 80.1 cm³/mol. The Morgan fingerprint density at radius 1 is 1.45 bits per heavy atom. The number of carbonyl (C=O) groups excluding carboxylic acids is 1. The summed E-state index contributed by atoms with van der Waals surface area (Å²) in [5.74, 6) is -1.85. The number of morpholine rings is 1. The van der Waals surface area contributed by atoms with Crippen LogP contribution in [-0.4, -0.2) is 50.3 Å². The van der Waals surface area contributed by atoms with Gasteiger partial charge in [-0.1, -0.05) is 11.6 Å². The van der Waals surface area contributed by atoms with Gasteiger partial charge in [-0.2, -0.15) is 0 Å². The minimum Gasteiger partial charge on any atom is -0.372 e. The molecule has 122 valence electrons. The van der Waals surface area contributed by atoms with Crippen LogP contribution in [0.15, 0.2) is 23.1 Å². The Balaban J connectivity index is 2.16. The van der Waals surface area contributed by atoms with Gasteiger partial charge >= 0.3 is 0 Å². The highest BCUT2D eigenvalue weighted by molar-refractivity contribution is 7.92. The van der Waals surface area contributed by atoms with Crippen molar-refractivity contribution in [1.29, 1.82) is 0 Å². The Kier molecular flexibility index (Phi) is 4.79. The average molecular weight is 350 g/mol. The number of carbonyl (C=O) groups is 1. The highest BCUT2D eigenvalue weighted by atomic mass is 35.5. The van der Waals surface area contributed by atoms with Crippen molar-refractivity contribution in [3.8, 4) is 0 Å². The van der Waals surface area contributed by atoms with E-state index in [2.05, 4.69) is 0 Å². The zero-order valence-electron chi connectivity index (χ0n) is 12.3. The Morgan fingerprint density at radius 2 is 2.14 bits per heavy atom. The van der Waals surface area contributed by atoms with Crippen LogP contribution < -0.4 is 0 Å². The number of benzene rings is 1. The highest BCUT2D eigenvalue weighted by Crippen LogP contribution is 2.24. The maximum atomic E-state index is 13.0. The van der Waals surface area contributed by atoms with Gasteiger partial charge in [0.2, 0.25) is 5.91 Å². The molecule has 1 aromatic carbocycles. The summed E-state index contributed by atoms with van der Waals surface area (Å²) in [6.07, 6.45) is 0. The molecule has 1 aliphatic rings. The molecule has 1 heterocycles. The van der Waals surface area contributed by atoms with Crippen LogP contribution in [0.1, 0.15) is 13.8 Å². The summed E-state index contributed by atoms with van der Waals surface area (Å²) in [5.41, 5.74) is -0.509. The van der Waals surface area contributed by atoms with Crippen molar-refractivity contribution >= 4 is 27.3 Å². The topological polar surface area (TPSA) is 63.7 Å². The monoisotopic (exact) mass is 349 g/mol. The Morgan fingerprint density at radius 3 is 2.73 bits per heavy atom. The Hall–Kier alpha value is -1.18. The molecule has 5 nitrogen and oxygen atoms in total. The first kappa shape index (κ1) is 17.2. The number of rotatable bonds is 3. The second kappa shape index (κ2) is 6.14. The molecule has 0 bridgehead atoms. The van der Waals surface area contributed by atoms with Crippen LogP contribution in [-0.2, 0) is 19.4 Å². The zero-order valence-corrected chi connectivity index (χ0v) is 13.9. The molecule has 0 saturated carbocycles. The van der Waals surface area contributed by atoms with Crippen LogP contribution in [0.3, 0.4) is 0 Å². The smallest absolute Gasteiger partial charge is 0.238 e. The quantitative estimate of drug-likeness (QED) is 0.782. The van der Waals surface area contributed by atoms with E-state index in [0.29, 0.717) is 19.7 Å². The number of hydrogen-bond donors (Lipinski definition) is 0. The lowest BCUT2D eigenvalue weighted by atomic mass is 10.1. The lowest BCUT2D eigenvalue weighted by Gasteiger charge is -2.38. The molecule has 8 heteroatoms. The molecule has 0 atom stereocenters. The highest BCUT2D eigenvalue weighted by Gasteiger charge is 2.32. The van der Waals surface area contributed by atoms with E-state index in [9.17, 15) is 17.6 Å². The van der Waals surface area contributed by atoms with E-state index < -0.39 is 32.9 Å². The standard InChI is InChI=1S/C14H17ClFNO4S/c1-14(2)9-17(5-6-21-14)13(18)8-22(19,20)12-4-3-10(16)7-11(12)15/h3-4,7H,5-6,8-9H2,1-2H3. The van der Waals surface area contributed by atoms with Gasteiger partial charge in [-0.05, 0) is 32.0 Å². The molecule has 1 aromatic rings. The summed E-state index contributed by atoms with van der Waals surface area (Å²) < 4.78 is 43.1. The molecule has 0 aromatic heterocycles. The van der Waals surface area contributed by atoms with Gasteiger partial charge in [0.25, 0.3) is 0 Å². The van der Waals surface area contributed by atoms with Crippen LogP contribution >= 0.6 is 11.6 Å². The van der Waals surface area contributed by atoms with E-state index in [0.717, 1.165) is 18.2 Å². The third-order valence-electron chi connectivity index (χ3n) is 3.32. The zero-order chi connectivity index (χ0) is 16.5. The summed E-state index contributed by atoms with van der Waals surface area (Å²) in [7, 11) is -3.92.